The number of methoxy groups -OCH3 is 1. The van der Waals surface area contributed by atoms with E-state index in [1.807, 2.05) is 7.11 Å². The zero-order valence-electron chi connectivity index (χ0n) is 10.6. The van der Waals surface area contributed by atoms with Crippen LogP contribution >= 0.6 is 15.9 Å². The average molecular weight is 298 g/mol. The number of piperidine rings is 1. The van der Waals surface area contributed by atoms with Gasteiger partial charge in [0.25, 0.3) is 0 Å². The molecule has 3 heteroatoms. The lowest BCUT2D eigenvalue weighted by molar-refractivity contribution is 0.0388. The molecule has 1 aromatic rings. The third-order valence-electron chi connectivity index (χ3n) is 3.46. The molecule has 0 aromatic heterocycles. The minimum Gasteiger partial charge on any atom is -0.381 e. The van der Waals surface area contributed by atoms with E-state index < -0.39 is 0 Å². The number of rotatable bonds is 3. The minimum absolute atomic E-state index is 0.465. The molecule has 0 N–H and O–H groups in total. The number of hydrogen-bond acceptors (Lipinski definition) is 2. The highest BCUT2D eigenvalue weighted by molar-refractivity contribution is 9.10. The Bertz CT molecular complexity index is 372. The Morgan fingerprint density at radius 3 is 2.71 bits per heavy atom. The Morgan fingerprint density at radius 1 is 1.35 bits per heavy atom. The van der Waals surface area contributed by atoms with Crippen molar-refractivity contribution in [1.82, 2.24) is 4.90 Å². The van der Waals surface area contributed by atoms with Crippen LogP contribution in [0.5, 0.6) is 0 Å². The molecule has 2 rings (SSSR count). The Hall–Kier alpha value is -0.380. The molecule has 0 unspecified atom stereocenters. The van der Waals surface area contributed by atoms with Gasteiger partial charge in [0.05, 0.1) is 6.10 Å². The summed E-state index contributed by atoms with van der Waals surface area (Å²) < 4.78 is 6.62. The van der Waals surface area contributed by atoms with Gasteiger partial charge in [-0.15, -0.1) is 0 Å². The van der Waals surface area contributed by atoms with Gasteiger partial charge in [0, 0.05) is 31.2 Å². The summed E-state index contributed by atoms with van der Waals surface area (Å²) in [5.74, 6) is 0. The maximum absolute atomic E-state index is 5.40. The van der Waals surface area contributed by atoms with Gasteiger partial charge in [-0.3, -0.25) is 4.90 Å². The molecule has 1 aliphatic rings. The summed E-state index contributed by atoms with van der Waals surface area (Å²) >= 11 is 3.63. The topological polar surface area (TPSA) is 12.5 Å². The van der Waals surface area contributed by atoms with Crippen LogP contribution in [0.4, 0.5) is 0 Å². The fourth-order valence-corrected chi connectivity index (χ4v) is 2.74. The Balaban J connectivity index is 1.95. The van der Waals surface area contributed by atoms with Crippen molar-refractivity contribution in [2.75, 3.05) is 20.2 Å². The molecule has 2 nitrogen and oxygen atoms in total. The van der Waals surface area contributed by atoms with Crippen molar-refractivity contribution in [1.29, 1.82) is 0 Å². The maximum Gasteiger partial charge on any atom is 0.0595 e. The first-order valence-electron chi connectivity index (χ1n) is 6.19. The van der Waals surface area contributed by atoms with Gasteiger partial charge in [-0.05, 0) is 31.4 Å². The van der Waals surface area contributed by atoms with Crippen LogP contribution < -0.4 is 0 Å². The van der Waals surface area contributed by atoms with E-state index in [0.29, 0.717) is 6.10 Å². The molecule has 17 heavy (non-hydrogen) atoms. The van der Waals surface area contributed by atoms with Crippen molar-refractivity contribution in [3.8, 4) is 0 Å². The van der Waals surface area contributed by atoms with Gasteiger partial charge in [-0.1, -0.05) is 33.6 Å². The number of nitrogens with zero attached hydrogens (tertiary/aromatic N) is 1. The molecule has 0 radical (unpaired) electrons. The van der Waals surface area contributed by atoms with E-state index in [2.05, 4.69) is 46.0 Å². The van der Waals surface area contributed by atoms with Crippen LogP contribution in [-0.4, -0.2) is 31.2 Å². The highest BCUT2D eigenvalue weighted by Gasteiger charge is 2.19. The van der Waals surface area contributed by atoms with E-state index in [-0.39, 0.29) is 0 Å². The monoisotopic (exact) mass is 297 g/mol. The molecule has 1 fully saturated rings. The van der Waals surface area contributed by atoms with E-state index in [1.165, 1.54) is 15.6 Å². The van der Waals surface area contributed by atoms with E-state index in [9.17, 15) is 0 Å². The lowest BCUT2D eigenvalue weighted by atomic mass is 10.1. The first-order chi connectivity index (χ1) is 8.19. The Morgan fingerprint density at radius 2 is 2.06 bits per heavy atom. The summed E-state index contributed by atoms with van der Waals surface area (Å²) in [7, 11) is 1.82. The molecule has 0 amide bonds. The summed E-state index contributed by atoms with van der Waals surface area (Å²) in [5.41, 5.74) is 2.72. The molecule has 1 aliphatic heterocycles. The Kier molecular flexibility index (Phi) is 4.60. The lowest BCUT2D eigenvalue weighted by Gasteiger charge is -2.31. The molecule has 0 atom stereocenters. The van der Waals surface area contributed by atoms with Gasteiger partial charge >= 0.3 is 0 Å². The van der Waals surface area contributed by atoms with E-state index in [4.69, 9.17) is 4.74 Å². The fraction of sp³-hybridized carbons (Fsp3) is 0.571. The van der Waals surface area contributed by atoms with Gasteiger partial charge in [0.1, 0.15) is 0 Å². The lowest BCUT2D eigenvalue weighted by Crippen LogP contribution is -2.36. The predicted molar refractivity (Wildman–Crippen MR) is 74.2 cm³/mol. The summed E-state index contributed by atoms with van der Waals surface area (Å²) in [6.07, 6.45) is 2.77. The molecular weight excluding hydrogens is 278 g/mol. The highest BCUT2D eigenvalue weighted by atomic mass is 79.9. The van der Waals surface area contributed by atoms with E-state index in [1.54, 1.807) is 0 Å². The van der Waals surface area contributed by atoms with Gasteiger partial charge in [-0.2, -0.15) is 0 Å². The largest absolute Gasteiger partial charge is 0.381 e. The molecule has 0 saturated carbocycles. The van der Waals surface area contributed by atoms with Crippen LogP contribution in [0.1, 0.15) is 24.0 Å². The van der Waals surface area contributed by atoms with Crippen molar-refractivity contribution in [2.24, 2.45) is 0 Å². The van der Waals surface area contributed by atoms with Gasteiger partial charge in [0.15, 0.2) is 0 Å². The summed E-state index contributed by atoms with van der Waals surface area (Å²) in [5, 5.41) is 0. The van der Waals surface area contributed by atoms with Crippen LogP contribution in [-0.2, 0) is 11.3 Å². The first-order valence-corrected chi connectivity index (χ1v) is 6.98. The fourth-order valence-electron chi connectivity index (χ4n) is 2.37. The van der Waals surface area contributed by atoms with Crippen LogP contribution in [0.2, 0.25) is 0 Å². The SMILES string of the molecule is COC1CCN(Cc2cc(C)ccc2Br)CC1. The Labute approximate surface area is 112 Å². The first kappa shape index (κ1) is 13.1. The molecule has 0 aliphatic carbocycles. The molecule has 94 valence electrons. The number of benzene rings is 1. The smallest absolute Gasteiger partial charge is 0.0595 e. The average Bonchev–Trinajstić information content (AvgIpc) is 2.35. The van der Waals surface area contributed by atoms with Crippen molar-refractivity contribution in [3.05, 3.63) is 33.8 Å². The van der Waals surface area contributed by atoms with Crippen molar-refractivity contribution < 1.29 is 4.74 Å². The molecular formula is C14H20BrNO. The number of hydrogen-bond donors (Lipinski definition) is 0. The second-order valence-corrected chi connectivity index (χ2v) is 5.66. The quantitative estimate of drug-likeness (QED) is 0.848. The number of halogens is 1. The third kappa shape index (κ3) is 3.54. The standard InChI is InChI=1S/C14H20BrNO/c1-11-3-4-14(15)12(9-11)10-16-7-5-13(17-2)6-8-16/h3-4,9,13H,5-8,10H2,1-2H3. The van der Waals surface area contributed by atoms with Crippen LogP contribution in [0.3, 0.4) is 0 Å². The number of aryl methyl sites for hydroxylation is 1. The molecule has 0 bridgehead atoms. The molecule has 1 heterocycles. The van der Waals surface area contributed by atoms with E-state index in [0.717, 1.165) is 32.5 Å². The normalized spacial score (nSPS) is 18.5. The van der Waals surface area contributed by atoms with E-state index >= 15 is 0 Å². The zero-order chi connectivity index (χ0) is 12.3. The molecule has 1 aromatic carbocycles. The van der Waals surface area contributed by atoms with Crippen molar-refractivity contribution in [2.45, 2.75) is 32.4 Å². The second-order valence-electron chi connectivity index (χ2n) is 4.81. The predicted octanol–water partition coefficient (Wildman–Crippen LogP) is 3.37. The van der Waals surface area contributed by atoms with Gasteiger partial charge in [-0.25, -0.2) is 0 Å². The second kappa shape index (κ2) is 5.98. The number of likely N-dealkylation sites (tertiary alicyclic amines) is 1. The van der Waals surface area contributed by atoms with Crippen LogP contribution in [0, 0.1) is 6.92 Å². The molecule has 1 saturated heterocycles. The van der Waals surface area contributed by atoms with Gasteiger partial charge in [0.2, 0.25) is 0 Å². The van der Waals surface area contributed by atoms with Crippen molar-refractivity contribution in [3.63, 3.8) is 0 Å². The summed E-state index contributed by atoms with van der Waals surface area (Å²) in [6.45, 7) is 5.46. The van der Waals surface area contributed by atoms with Gasteiger partial charge < -0.3 is 4.74 Å². The summed E-state index contributed by atoms with van der Waals surface area (Å²) in [4.78, 5) is 2.51. The maximum atomic E-state index is 5.40. The highest BCUT2D eigenvalue weighted by Crippen LogP contribution is 2.22. The zero-order valence-corrected chi connectivity index (χ0v) is 12.2. The third-order valence-corrected chi connectivity index (χ3v) is 4.24. The van der Waals surface area contributed by atoms with Crippen LogP contribution in [0.25, 0.3) is 0 Å². The minimum atomic E-state index is 0.465. The van der Waals surface area contributed by atoms with Crippen molar-refractivity contribution >= 4 is 15.9 Å². The molecule has 0 spiro atoms. The number of ether oxygens (including phenoxy) is 1. The van der Waals surface area contributed by atoms with Crippen LogP contribution in [0.15, 0.2) is 22.7 Å². The summed E-state index contributed by atoms with van der Waals surface area (Å²) in [6, 6.07) is 6.56.